The minimum Gasteiger partial charge on any atom is -0.379 e. The number of amides is 1. The van der Waals surface area contributed by atoms with Crippen molar-refractivity contribution in [2.75, 3.05) is 45.2 Å². The summed E-state index contributed by atoms with van der Waals surface area (Å²) in [5.41, 5.74) is 3.18. The van der Waals surface area contributed by atoms with Crippen LogP contribution >= 0.6 is 0 Å². The molecular weight excluding hydrogens is 434 g/mol. The van der Waals surface area contributed by atoms with Crippen molar-refractivity contribution in [3.8, 4) is 11.4 Å². The number of carbonyl (C=O) groups is 1. The fourth-order valence-electron chi connectivity index (χ4n) is 4.33. The summed E-state index contributed by atoms with van der Waals surface area (Å²) in [7, 11) is 1.82. The Morgan fingerprint density at radius 3 is 2.85 bits per heavy atom. The maximum atomic E-state index is 12.8. The summed E-state index contributed by atoms with van der Waals surface area (Å²) >= 11 is 0. The topological polar surface area (TPSA) is 115 Å². The molecule has 4 aromatic heterocycles. The third kappa shape index (κ3) is 3.86. The van der Waals surface area contributed by atoms with Gasteiger partial charge in [-0.15, -0.1) is 0 Å². The predicted molar refractivity (Wildman–Crippen MR) is 127 cm³/mol. The summed E-state index contributed by atoms with van der Waals surface area (Å²) in [4.78, 5) is 24.6. The number of morpholine rings is 1. The second-order valence-corrected chi connectivity index (χ2v) is 8.72. The number of nitrogens with zero attached hydrogens (tertiary/aromatic N) is 7. The Balaban J connectivity index is 1.40. The van der Waals surface area contributed by atoms with E-state index in [4.69, 9.17) is 14.8 Å². The number of pyridine rings is 1. The molecule has 1 aliphatic heterocycles. The van der Waals surface area contributed by atoms with E-state index >= 15 is 0 Å². The molecule has 11 heteroatoms. The fourth-order valence-corrected chi connectivity index (χ4v) is 4.33. The average molecular weight is 462 g/mol. The van der Waals surface area contributed by atoms with E-state index in [0.29, 0.717) is 16.9 Å². The smallest absolute Gasteiger partial charge is 0.256 e. The number of ether oxygens (including phenoxy) is 1. The molecule has 1 amide bonds. The zero-order valence-corrected chi connectivity index (χ0v) is 19.1. The third-order valence-corrected chi connectivity index (χ3v) is 6.37. The largest absolute Gasteiger partial charge is 0.379 e. The first-order valence-electron chi connectivity index (χ1n) is 11.7. The van der Waals surface area contributed by atoms with Crippen molar-refractivity contribution in [2.24, 2.45) is 0 Å². The Labute approximate surface area is 196 Å². The third-order valence-electron chi connectivity index (χ3n) is 6.37. The van der Waals surface area contributed by atoms with Gasteiger partial charge in [0, 0.05) is 50.4 Å². The molecule has 176 valence electrons. The number of anilines is 1. The highest BCUT2D eigenvalue weighted by Gasteiger charge is 2.26. The van der Waals surface area contributed by atoms with Crippen LogP contribution in [0, 0.1) is 0 Å². The average Bonchev–Trinajstić information content (AvgIpc) is 3.46. The minimum absolute atomic E-state index is 0.147. The van der Waals surface area contributed by atoms with Crippen molar-refractivity contribution in [1.82, 2.24) is 39.6 Å². The molecule has 5 heterocycles. The second kappa shape index (κ2) is 8.65. The van der Waals surface area contributed by atoms with Crippen molar-refractivity contribution in [2.45, 2.75) is 25.4 Å². The highest BCUT2D eigenvalue weighted by molar-refractivity contribution is 6.00. The molecule has 0 atom stereocenters. The molecule has 34 heavy (non-hydrogen) atoms. The first kappa shape index (κ1) is 21.0. The van der Waals surface area contributed by atoms with Crippen LogP contribution in [0.1, 0.15) is 23.2 Å². The van der Waals surface area contributed by atoms with Gasteiger partial charge in [0.05, 0.1) is 31.6 Å². The highest BCUT2D eigenvalue weighted by atomic mass is 16.5. The lowest BCUT2D eigenvalue weighted by atomic mass is 10.2. The molecule has 1 aliphatic carbocycles. The van der Waals surface area contributed by atoms with Gasteiger partial charge in [0.2, 0.25) is 0 Å². The van der Waals surface area contributed by atoms with Gasteiger partial charge in [0.25, 0.3) is 5.91 Å². The first-order valence-corrected chi connectivity index (χ1v) is 11.7. The van der Waals surface area contributed by atoms with Crippen molar-refractivity contribution in [3.63, 3.8) is 0 Å². The molecule has 0 bridgehead atoms. The minimum atomic E-state index is -0.147. The van der Waals surface area contributed by atoms with E-state index in [1.54, 1.807) is 16.9 Å². The van der Waals surface area contributed by atoms with E-state index < -0.39 is 0 Å². The quantitative estimate of drug-likeness (QED) is 0.425. The van der Waals surface area contributed by atoms with Gasteiger partial charge < -0.3 is 15.4 Å². The molecule has 2 N–H and O–H groups in total. The standard InChI is InChI=1S/C23H27N9O2/c1-24-19-13-18(28-22-17(14-26-32(19)22)23(33)27-15-4-5-15)20-16-3-2-6-25-21(16)31(29-20)8-7-30-9-11-34-12-10-30/h2-3,6,13-15,24H,4-5,7-12H2,1H3,(H,27,33). The highest BCUT2D eigenvalue weighted by Crippen LogP contribution is 2.29. The SMILES string of the molecule is CNc1cc(-c2nn(CCN3CCOCC3)c3ncccc23)nc2c(C(=O)NC3CC3)cnn12. The van der Waals surface area contributed by atoms with E-state index in [2.05, 4.69) is 25.6 Å². The number of hydrogen-bond donors (Lipinski definition) is 2. The summed E-state index contributed by atoms with van der Waals surface area (Å²) in [6.45, 7) is 4.98. The van der Waals surface area contributed by atoms with Gasteiger partial charge in [-0.3, -0.25) is 9.69 Å². The first-order chi connectivity index (χ1) is 16.7. The van der Waals surface area contributed by atoms with Gasteiger partial charge in [-0.1, -0.05) is 0 Å². The van der Waals surface area contributed by atoms with Gasteiger partial charge in [-0.25, -0.2) is 14.6 Å². The van der Waals surface area contributed by atoms with E-state index in [0.717, 1.165) is 74.8 Å². The Hall–Kier alpha value is -3.57. The molecule has 4 aromatic rings. The fraction of sp³-hybridized carbons (Fsp3) is 0.435. The molecule has 2 aliphatic rings. The number of nitrogens with one attached hydrogen (secondary N) is 2. The lowest BCUT2D eigenvalue weighted by Gasteiger charge is -2.26. The van der Waals surface area contributed by atoms with Crippen LogP contribution < -0.4 is 10.6 Å². The molecule has 1 saturated carbocycles. The number of rotatable bonds is 7. The Kier molecular flexibility index (Phi) is 5.34. The molecule has 0 radical (unpaired) electrons. The number of hydrogen-bond acceptors (Lipinski definition) is 8. The maximum Gasteiger partial charge on any atom is 0.256 e. The molecule has 0 spiro atoms. The van der Waals surface area contributed by atoms with Crippen LogP contribution in [0.2, 0.25) is 0 Å². The molecule has 6 rings (SSSR count). The maximum absolute atomic E-state index is 12.8. The zero-order chi connectivity index (χ0) is 23.1. The van der Waals surface area contributed by atoms with Crippen LogP contribution in [0.25, 0.3) is 28.1 Å². The van der Waals surface area contributed by atoms with Crippen LogP contribution in [0.3, 0.4) is 0 Å². The molecule has 0 aromatic carbocycles. The second-order valence-electron chi connectivity index (χ2n) is 8.72. The lowest BCUT2D eigenvalue weighted by Crippen LogP contribution is -2.38. The molecular formula is C23H27N9O2. The van der Waals surface area contributed by atoms with Gasteiger partial charge in [-0.2, -0.15) is 14.7 Å². The van der Waals surface area contributed by atoms with Crippen LogP contribution in [0.5, 0.6) is 0 Å². The van der Waals surface area contributed by atoms with E-state index in [-0.39, 0.29) is 11.9 Å². The van der Waals surface area contributed by atoms with E-state index in [1.807, 2.05) is 29.9 Å². The Morgan fingerprint density at radius 2 is 2.06 bits per heavy atom. The molecule has 2 fully saturated rings. The summed E-state index contributed by atoms with van der Waals surface area (Å²) < 4.78 is 9.06. The van der Waals surface area contributed by atoms with Crippen molar-refractivity contribution < 1.29 is 9.53 Å². The molecule has 0 unspecified atom stereocenters. The van der Waals surface area contributed by atoms with Crippen molar-refractivity contribution in [3.05, 3.63) is 36.2 Å². The van der Waals surface area contributed by atoms with E-state index in [1.165, 1.54) is 0 Å². The van der Waals surface area contributed by atoms with Crippen molar-refractivity contribution >= 4 is 28.4 Å². The van der Waals surface area contributed by atoms with Crippen LogP contribution in [0.4, 0.5) is 5.82 Å². The van der Waals surface area contributed by atoms with Crippen molar-refractivity contribution in [1.29, 1.82) is 0 Å². The van der Waals surface area contributed by atoms with E-state index in [9.17, 15) is 4.79 Å². The van der Waals surface area contributed by atoms with Gasteiger partial charge in [-0.05, 0) is 25.0 Å². The number of carbonyl (C=O) groups excluding carboxylic acids is 1. The summed E-state index contributed by atoms with van der Waals surface area (Å²) in [5.74, 6) is 0.581. The lowest BCUT2D eigenvalue weighted by molar-refractivity contribution is 0.0361. The molecule has 11 nitrogen and oxygen atoms in total. The molecule has 1 saturated heterocycles. The van der Waals surface area contributed by atoms with Gasteiger partial charge in [0.1, 0.15) is 17.1 Å². The van der Waals surface area contributed by atoms with Crippen LogP contribution in [-0.4, -0.2) is 86.1 Å². The van der Waals surface area contributed by atoms with Gasteiger partial charge in [0.15, 0.2) is 11.3 Å². The summed E-state index contributed by atoms with van der Waals surface area (Å²) in [6.07, 6.45) is 5.40. The summed E-state index contributed by atoms with van der Waals surface area (Å²) in [5, 5.41) is 16.4. The number of aromatic nitrogens is 6. The monoisotopic (exact) mass is 461 g/mol. The Bertz CT molecular complexity index is 1350. The van der Waals surface area contributed by atoms with Gasteiger partial charge >= 0.3 is 0 Å². The summed E-state index contributed by atoms with van der Waals surface area (Å²) in [6, 6.07) is 6.08. The van der Waals surface area contributed by atoms with Crippen LogP contribution in [0.15, 0.2) is 30.6 Å². The normalized spacial score (nSPS) is 16.9. The predicted octanol–water partition coefficient (Wildman–Crippen LogP) is 1.41. The van der Waals surface area contributed by atoms with Crippen LogP contribution in [-0.2, 0) is 11.3 Å². The number of fused-ring (bicyclic) bond motifs is 2. The zero-order valence-electron chi connectivity index (χ0n) is 19.1. The Morgan fingerprint density at radius 1 is 1.21 bits per heavy atom.